The highest BCUT2D eigenvalue weighted by molar-refractivity contribution is 5.95. The molecule has 1 amide bonds. The summed E-state index contributed by atoms with van der Waals surface area (Å²) in [6, 6.07) is 12.6. The quantitative estimate of drug-likeness (QED) is 0.539. The van der Waals surface area contributed by atoms with Gasteiger partial charge < -0.3 is 14.8 Å². The summed E-state index contributed by atoms with van der Waals surface area (Å²) in [5, 5.41) is 11.6. The minimum absolute atomic E-state index is 0.147. The molecule has 2 aliphatic heterocycles. The topological polar surface area (TPSA) is 94.4 Å². The summed E-state index contributed by atoms with van der Waals surface area (Å²) >= 11 is 0. The van der Waals surface area contributed by atoms with Crippen LogP contribution in [0.25, 0.3) is 0 Å². The number of benzene rings is 1. The van der Waals surface area contributed by atoms with Gasteiger partial charge in [-0.25, -0.2) is 9.67 Å². The maximum Gasteiger partial charge on any atom is 0.274 e. The number of aromatic nitrogens is 4. The van der Waals surface area contributed by atoms with E-state index >= 15 is 0 Å². The second kappa shape index (κ2) is 9.75. The van der Waals surface area contributed by atoms with Crippen LogP contribution in [0.3, 0.4) is 0 Å². The second-order valence-corrected chi connectivity index (χ2v) is 9.55. The van der Waals surface area contributed by atoms with Gasteiger partial charge in [0.2, 0.25) is 0 Å². The van der Waals surface area contributed by atoms with Crippen molar-refractivity contribution in [2.75, 3.05) is 19.7 Å². The average molecular weight is 475 g/mol. The van der Waals surface area contributed by atoms with Crippen LogP contribution in [0.1, 0.15) is 40.2 Å². The summed E-state index contributed by atoms with van der Waals surface area (Å²) in [6.07, 6.45) is 7.74. The summed E-state index contributed by atoms with van der Waals surface area (Å²) in [6.45, 7) is 2.75. The Balaban J connectivity index is 1.23. The van der Waals surface area contributed by atoms with Crippen LogP contribution in [0, 0.1) is 0 Å². The van der Waals surface area contributed by atoms with E-state index in [2.05, 4.69) is 49.8 Å². The third-order valence-corrected chi connectivity index (χ3v) is 7.33. The lowest BCUT2D eigenvalue weighted by Gasteiger charge is -2.26. The summed E-state index contributed by atoms with van der Waals surface area (Å²) in [5.74, 6) is 0.236. The van der Waals surface area contributed by atoms with E-state index in [1.54, 1.807) is 23.0 Å². The van der Waals surface area contributed by atoms with Gasteiger partial charge in [-0.05, 0) is 48.9 Å². The largest absolute Gasteiger partial charge is 0.489 e. The van der Waals surface area contributed by atoms with E-state index in [9.17, 15) is 4.79 Å². The molecule has 1 aromatic carbocycles. The van der Waals surface area contributed by atoms with E-state index in [1.807, 2.05) is 6.20 Å². The van der Waals surface area contributed by atoms with Crippen LogP contribution in [-0.4, -0.2) is 68.7 Å². The van der Waals surface area contributed by atoms with Gasteiger partial charge in [0.1, 0.15) is 12.3 Å². The van der Waals surface area contributed by atoms with Crippen molar-refractivity contribution < 1.29 is 14.3 Å². The Morgan fingerprint density at radius 2 is 1.86 bits per heavy atom. The molecule has 35 heavy (non-hydrogen) atoms. The monoisotopic (exact) mass is 474 g/mol. The number of aryl methyl sites for hydroxylation is 2. The van der Waals surface area contributed by atoms with E-state index in [0.717, 1.165) is 44.5 Å². The van der Waals surface area contributed by atoms with E-state index in [-0.39, 0.29) is 18.1 Å². The fraction of sp³-hybridized carbons (Fsp3) is 0.462. The van der Waals surface area contributed by atoms with E-state index in [1.165, 1.54) is 11.1 Å². The number of pyridine rings is 1. The number of ether oxygens (including phenoxy) is 2. The number of carbonyl (C=O) groups is 1. The lowest BCUT2D eigenvalue weighted by Crippen LogP contribution is -2.44. The minimum atomic E-state index is -0.233. The highest BCUT2D eigenvalue weighted by Gasteiger charge is 2.38. The number of hydrogen-bond donors (Lipinski definition) is 1. The van der Waals surface area contributed by atoms with Gasteiger partial charge in [-0.15, -0.1) is 5.10 Å². The van der Waals surface area contributed by atoms with Crippen molar-refractivity contribution in [2.24, 2.45) is 0 Å². The van der Waals surface area contributed by atoms with Crippen molar-refractivity contribution in [1.82, 2.24) is 30.2 Å². The Kier molecular flexibility index (Phi) is 6.18. The number of amides is 1. The fourth-order valence-electron chi connectivity index (χ4n) is 5.48. The molecule has 9 heteroatoms. The fourth-order valence-corrected chi connectivity index (χ4v) is 5.48. The van der Waals surface area contributed by atoms with Crippen molar-refractivity contribution >= 4 is 5.91 Å². The molecule has 2 bridgehead atoms. The Bertz CT molecular complexity index is 1170. The molecule has 1 N–H and O–H groups in total. The smallest absolute Gasteiger partial charge is 0.274 e. The third kappa shape index (κ3) is 4.78. The third-order valence-electron chi connectivity index (χ3n) is 7.33. The first-order chi connectivity index (χ1) is 17.2. The molecule has 0 unspecified atom stereocenters. The molecule has 3 aromatic rings. The molecule has 0 radical (unpaired) electrons. The van der Waals surface area contributed by atoms with Crippen LogP contribution in [0.15, 0.2) is 48.8 Å². The first kappa shape index (κ1) is 22.2. The zero-order valence-corrected chi connectivity index (χ0v) is 19.7. The van der Waals surface area contributed by atoms with Gasteiger partial charge in [0.15, 0.2) is 11.4 Å². The molecule has 1 saturated heterocycles. The Morgan fingerprint density at radius 1 is 1.03 bits per heavy atom. The molecule has 0 spiro atoms. The molecule has 1 fully saturated rings. The van der Waals surface area contributed by atoms with Gasteiger partial charge in [0.25, 0.3) is 5.91 Å². The van der Waals surface area contributed by atoms with Crippen molar-refractivity contribution in [3.63, 3.8) is 0 Å². The molecule has 2 aromatic heterocycles. The van der Waals surface area contributed by atoms with Crippen molar-refractivity contribution in [2.45, 2.75) is 57.0 Å². The highest BCUT2D eigenvalue weighted by atomic mass is 16.5. The van der Waals surface area contributed by atoms with Crippen LogP contribution in [0.4, 0.5) is 0 Å². The van der Waals surface area contributed by atoms with Crippen LogP contribution in [-0.2, 0) is 30.7 Å². The number of hydrogen-bond acceptors (Lipinski definition) is 7. The molecule has 1 aliphatic carbocycles. The SMILES string of the molecule is O=C1N[C@H]2CN(C3CCc4ccccc4CC3)C[C@@H]2OCc2cn(nn2)CCOc2cccnc21. The van der Waals surface area contributed by atoms with Crippen molar-refractivity contribution in [3.05, 3.63) is 71.3 Å². The molecule has 182 valence electrons. The Morgan fingerprint density at radius 3 is 2.69 bits per heavy atom. The maximum atomic E-state index is 13.3. The molecule has 0 saturated carbocycles. The number of fused-ring (bicyclic) bond motifs is 5. The zero-order chi connectivity index (χ0) is 23.6. The van der Waals surface area contributed by atoms with Crippen LogP contribution in [0.5, 0.6) is 5.75 Å². The number of nitrogens with zero attached hydrogens (tertiary/aromatic N) is 5. The number of carbonyl (C=O) groups excluding carboxylic acids is 1. The lowest BCUT2D eigenvalue weighted by atomic mass is 10.0. The van der Waals surface area contributed by atoms with Crippen molar-refractivity contribution in [1.29, 1.82) is 0 Å². The van der Waals surface area contributed by atoms with Crippen LogP contribution >= 0.6 is 0 Å². The molecule has 4 heterocycles. The normalized spacial score (nSPS) is 23.7. The van der Waals surface area contributed by atoms with Gasteiger partial charge in [0, 0.05) is 25.3 Å². The summed E-state index contributed by atoms with van der Waals surface area (Å²) in [7, 11) is 0. The number of nitrogens with one attached hydrogen (secondary N) is 1. The Labute approximate surface area is 204 Å². The van der Waals surface area contributed by atoms with Gasteiger partial charge in [-0.3, -0.25) is 9.69 Å². The van der Waals surface area contributed by atoms with Crippen molar-refractivity contribution in [3.8, 4) is 5.75 Å². The molecule has 2 atom stereocenters. The molecular formula is C26H30N6O3. The summed E-state index contributed by atoms with van der Waals surface area (Å²) in [5.41, 5.74) is 4.00. The predicted molar refractivity (Wildman–Crippen MR) is 128 cm³/mol. The van der Waals surface area contributed by atoms with E-state index in [0.29, 0.717) is 37.2 Å². The van der Waals surface area contributed by atoms with Gasteiger partial charge >= 0.3 is 0 Å². The second-order valence-electron chi connectivity index (χ2n) is 9.55. The average Bonchev–Trinajstić information content (AvgIpc) is 3.43. The first-order valence-electron chi connectivity index (χ1n) is 12.4. The highest BCUT2D eigenvalue weighted by Crippen LogP contribution is 2.28. The van der Waals surface area contributed by atoms with Gasteiger partial charge in [-0.1, -0.05) is 29.5 Å². The summed E-state index contributed by atoms with van der Waals surface area (Å²) in [4.78, 5) is 20.1. The lowest BCUT2D eigenvalue weighted by molar-refractivity contribution is 0.0271. The molecule has 3 aliphatic rings. The Hall–Kier alpha value is -3.30. The molecule has 6 rings (SSSR count). The van der Waals surface area contributed by atoms with Crippen LogP contribution in [0.2, 0.25) is 0 Å². The minimum Gasteiger partial charge on any atom is -0.489 e. The maximum absolute atomic E-state index is 13.3. The standard InChI is InChI=1S/C26H30N6O3/c33-26-25-23(6-3-11-27-25)34-13-12-32-14-20(29-30-32)17-35-24-16-31(15-22(24)28-26)21-9-7-18-4-1-2-5-19(18)8-10-21/h1-6,11,14,21-22,24H,7-10,12-13,15-17H2,(H,28,33)/t22-,24-/m0/s1. The first-order valence-corrected chi connectivity index (χ1v) is 12.4. The number of rotatable bonds is 1. The zero-order valence-electron chi connectivity index (χ0n) is 19.7. The van der Waals surface area contributed by atoms with Crippen LogP contribution < -0.4 is 10.1 Å². The van der Waals surface area contributed by atoms with Gasteiger partial charge in [0.05, 0.1) is 31.5 Å². The summed E-state index contributed by atoms with van der Waals surface area (Å²) < 4.78 is 14.0. The molecule has 9 nitrogen and oxygen atoms in total. The predicted octanol–water partition coefficient (Wildman–Crippen LogP) is 2.01. The number of likely N-dealkylation sites (tertiary alicyclic amines) is 1. The van der Waals surface area contributed by atoms with E-state index in [4.69, 9.17) is 9.47 Å². The molecular weight excluding hydrogens is 444 g/mol. The van der Waals surface area contributed by atoms with E-state index < -0.39 is 0 Å². The van der Waals surface area contributed by atoms with Gasteiger partial charge in [-0.2, -0.15) is 0 Å².